The van der Waals surface area contributed by atoms with E-state index in [2.05, 4.69) is 10.2 Å². The van der Waals surface area contributed by atoms with Crippen LogP contribution >= 0.6 is 0 Å². The highest BCUT2D eigenvalue weighted by atomic mass is 16.5. The first-order chi connectivity index (χ1) is 14.1. The number of benzene rings is 1. The van der Waals surface area contributed by atoms with E-state index >= 15 is 0 Å². The first-order valence-electron chi connectivity index (χ1n) is 10.0. The second-order valence-electron chi connectivity index (χ2n) is 7.98. The second-order valence-corrected chi connectivity index (χ2v) is 7.98. The number of aryl methyl sites for hydroxylation is 1. The van der Waals surface area contributed by atoms with Gasteiger partial charge in [0.1, 0.15) is 17.9 Å². The molecule has 1 aromatic carbocycles. The summed E-state index contributed by atoms with van der Waals surface area (Å²) in [6, 6.07) is 5.68. The van der Waals surface area contributed by atoms with Crippen molar-refractivity contribution >= 4 is 17.5 Å². The van der Waals surface area contributed by atoms with E-state index in [0.717, 1.165) is 30.5 Å². The van der Waals surface area contributed by atoms with E-state index in [1.165, 1.54) is 5.56 Å². The average molecular weight is 396 g/mol. The summed E-state index contributed by atoms with van der Waals surface area (Å²) < 4.78 is 11.7. The summed E-state index contributed by atoms with van der Waals surface area (Å²) in [6.45, 7) is 3.81. The van der Waals surface area contributed by atoms with Crippen LogP contribution in [0.3, 0.4) is 0 Å². The van der Waals surface area contributed by atoms with E-state index in [1.54, 1.807) is 4.90 Å². The number of fused-ring (bicyclic) bond motifs is 3. The second kappa shape index (κ2) is 6.88. The fourth-order valence-corrected chi connectivity index (χ4v) is 4.56. The molecule has 0 aliphatic carbocycles. The van der Waals surface area contributed by atoms with Crippen molar-refractivity contribution in [2.45, 2.75) is 31.8 Å². The van der Waals surface area contributed by atoms with Gasteiger partial charge in [-0.15, -0.1) is 0 Å². The number of aromatic amines is 1. The smallest absolute Gasteiger partial charge is 0.265 e. The van der Waals surface area contributed by atoms with Crippen molar-refractivity contribution in [1.29, 1.82) is 0 Å². The summed E-state index contributed by atoms with van der Waals surface area (Å²) in [6.07, 6.45) is 4.19. The highest BCUT2D eigenvalue weighted by Crippen LogP contribution is 2.40. The number of amides is 2. The van der Waals surface area contributed by atoms with Gasteiger partial charge >= 0.3 is 0 Å². The minimum atomic E-state index is -0.376. The zero-order chi connectivity index (χ0) is 20.0. The number of anilines is 1. The van der Waals surface area contributed by atoms with Crippen LogP contribution in [0.25, 0.3) is 0 Å². The van der Waals surface area contributed by atoms with Crippen LogP contribution in [0.4, 0.5) is 5.69 Å². The number of carbonyl (C=O) groups excluding carboxylic acids is 2. The van der Waals surface area contributed by atoms with Gasteiger partial charge < -0.3 is 14.4 Å². The van der Waals surface area contributed by atoms with Crippen molar-refractivity contribution in [2.24, 2.45) is 0 Å². The van der Waals surface area contributed by atoms with E-state index in [1.807, 2.05) is 36.2 Å². The molecular formula is C21H24N4O4. The summed E-state index contributed by atoms with van der Waals surface area (Å²) in [7, 11) is 0. The van der Waals surface area contributed by atoms with Gasteiger partial charge in [0.2, 0.25) is 5.91 Å². The lowest BCUT2D eigenvalue weighted by Gasteiger charge is -2.43. The predicted octanol–water partition coefficient (Wildman–Crippen LogP) is 1.53. The molecule has 5 rings (SSSR count). The zero-order valence-electron chi connectivity index (χ0n) is 16.4. The van der Waals surface area contributed by atoms with Crippen LogP contribution in [-0.4, -0.2) is 59.8 Å². The first kappa shape index (κ1) is 18.2. The van der Waals surface area contributed by atoms with Gasteiger partial charge in [-0.05, 0) is 49.4 Å². The van der Waals surface area contributed by atoms with E-state index in [0.29, 0.717) is 31.1 Å². The maximum atomic E-state index is 13.0. The Morgan fingerprint density at radius 1 is 1.31 bits per heavy atom. The number of H-pyrrole nitrogens is 1. The Balaban J connectivity index is 1.29. The number of ether oxygens (including phenoxy) is 2. The van der Waals surface area contributed by atoms with Gasteiger partial charge in [-0.2, -0.15) is 5.10 Å². The Kier molecular flexibility index (Phi) is 4.31. The Hall–Kier alpha value is -2.87. The minimum Gasteiger partial charge on any atom is -0.482 e. The molecule has 1 N–H and O–H groups in total. The number of piperidine rings is 1. The molecule has 2 amide bonds. The minimum absolute atomic E-state index is 0.0296. The van der Waals surface area contributed by atoms with Crippen LogP contribution in [0, 0.1) is 6.92 Å². The lowest BCUT2D eigenvalue weighted by molar-refractivity contribution is -0.141. The summed E-state index contributed by atoms with van der Waals surface area (Å²) >= 11 is 0. The normalized spacial score (nSPS) is 20.2. The molecule has 8 heteroatoms. The fourth-order valence-electron chi connectivity index (χ4n) is 4.56. The Bertz CT molecular complexity index is 961. The number of rotatable bonds is 2. The summed E-state index contributed by atoms with van der Waals surface area (Å²) in [5, 5.41) is 7.28. The number of likely N-dealkylation sites (tertiary alicyclic amines) is 1. The third kappa shape index (κ3) is 3.07. The number of nitrogens with one attached hydrogen (secondary N) is 1. The topological polar surface area (TPSA) is 87.8 Å². The maximum absolute atomic E-state index is 13.0. The van der Waals surface area contributed by atoms with Gasteiger partial charge in [0.05, 0.1) is 24.2 Å². The summed E-state index contributed by atoms with van der Waals surface area (Å²) in [5.74, 6) is 0.397. The van der Waals surface area contributed by atoms with Gasteiger partial charge in [0.15, 0.2) is 6.61 Å². The monoisotopic (exact) mass is 396 g/mol. The third-order valence-corrected chi connectivity index (χ3v) is 6.20. The van der Waals surface area contributed by atoms with Crippen molar-refractivity contribution < 1.29 is 19.1 Å². The molecule has 0 atom stereocenters. The molecule has 8 nitrogen and oxygen atoms in total. The molecule has 1 fully saturated rings. The van der Waals surface area contributed by atoms with Gasteiger partial charge in [-0.3, -0.25) is 19.6 Å². The quantitative estimate of drug-likeness (QED) is 0.832. The SMILES string of the molecule is Cc1ccc2c(c1)N(CC(=O)N1CCC3(CC1)OCCc1cn[nH]c13)C(=O)CO2. The zero-order valence-corrected chi connectivity index (χ0v) is 16.4. The van der Waals surface area contributed by atoms with Crippen molar-refractivity contribution in [3.8, 4) is 5.75 Å². The van der Waals surface area contributed by atoms with Crippen LogP contribution in [0.2, 0.25) is 0 Å². The Morgan fingerprint density at radius 2 is 2.14 bits per heavy atom. The van der Waals surface area contributed by atoms with E-state index < -0.39 is 0 Å². The number of hydrogen-bond donors (Lipinski definition) is 1. The molecule has 0 radical (unpaired) electrons. The molecule has 4 heterocycles. The maximum Gasteiger partial charge on any atom is 0.265 e. The van der Waals surface area contributed by atoms with Crippen LogP contribution in [0.15, 0.2) is 24.4 Å². The average Bonchev–Trinajstić information content (AvgIpc) is 3.21. The van der Waals surface area contributed by atoms with Gasteiger partial charge in [-0.1, -0.05) is 6.07 Å². The van der Waals surface area contributed by atoms with Crippen LogP contribution in [0.5, 0.6) is 5.75 Å². The lowest BCUT2D eigenvalue weighted by atomic mass is 9.84. The molecule has 29 heavy (non-hydrogen) atoms. The molecule has 1 spiro atoms. The van der Waals surface area contributed by atoms with Crippen molar-refractivity contribution in [3.05, 3.63) is 41.2 Å². The largest absolute Gasteiger partial charge is 0.482 e. The van der Waals surface area contributed by atoms with Crippen LogP contribution in [0.1, 0.15) is 29.7 Å². The Labute approximate surface area is 168 Å². The standard InChI is InChI=1S/C21H24N4O4/c1-14-2-3-17-16(10-14)25(19(27)13-28-17)12-18(26)24-7-5-21(6-8-24)20-15(4-9-29-21)11-22-23-20/h2-3,10-11H,4-9,12-13H2,1H3,(H,22,23). The lowest BCUT2D eigenvalue weighted by Crippen LogP contribution is -2.52. The molecule has 2 aromatic rings. The van der Waals surface area contributed by atoms with Crippen LogP contribution in [-0.2, 0) is 26.3 Å². The molecule has 0 bridgehead atoms. The molecule has 152 valence electrons. The molecular weight excluding hydrogens is 372 g/mol. The molecule has 1 aromatic heterocycles. The van der Waals surface area contributed by atoms with Crippen LogP contribution < -0.4 is 9.64 Å². The van der Waals surface area contributed by atoms with Gasteiger partial charge in [0, 0.05) is 13.1 Å². The van der Waals surface area contributed by atoms with Crippen molar-refractivity contribution in [1.82, 2.24) is 15.1 Å². The van der Waals surface area contributed by atoms with E-state index in [4.69, 9.17) is 9.47 Å². The molecule has 3 aliphatic heterocycles. The molecule has 1 saturated heterocycles. The van der Waals surface area contributed by atoms with Crippen molar-refractivity contribution in [2.75, 3.05) is 37.7 Å². The third-order valence-electron chi connectivity index (χ3n) is 6.20. The van der Waals surface area contributed by atoms with E-state index in [9.17, 15) is 9.59 Å². The summed E-state index contributed by atoms with van der Waals surface area (Å²) in [4.78, 5) is 28.8. The highest BCUT2D eigenvalue weighted by Gasteiger charge is 2.43. The Morgan fingerprint density at radius 3 is 2.97 bits per heavy atom. The molecule has 0 saturated carbocycles. The number of hydrogen-bond acceptors (Lipinski definition) is 5. The predicted molar refractivity (Wildman–Crippen MR) is 105 cm³/mol. The molecule has 0 unspecified atom stereocenters. The van der Waals surface area contributed by atoms with E-state index in [-0.39, 0.29) is 30.6 Å². The van der Waals surface area contributed by atoms with Gasteiger partial charge in [0.25, 0.3) is 5.91 Å². The molecule has 3 aliphatic rings. The van der Waals surface area contributed by atoms with Gasteiger partial charge in [-0.25, -0.2) is 0 Å². The number of nitrogens with zero attached hydrogens (tertiary/aromatic N) is 3. The fraction of sp³-hybridized carbons (Fsp3) is 0.476. The summed E-state index contributed by atoms with van der Waals surface area (Å²) in [5.41, 5.74) is 3.58. The van der Waals surface area contributed by atoms with Crippen molar-refractivity contribution in [3.63, 3.8) is 0 Å². The number of carbonyl (C=O) groups is 2. The first-order valence-corrected chi connectivity index (χ1v) is 10.0. The number of aromatic nitrogens is 2. The highest BCUT2D eigenvalue weighted by molar-refractivity contribution is 6.02.